The first-order chi connectivity index (χ1) is 17.8. The first-order valence-electron chi connectivity index (χ1n) is 12.9. The number of nitrogens with zero attached hydrogens (tertiary/aromatic N) is 1. The third-order valence-corrected chi connectivity index (χ3v) is 7.45. The lowest BCUT2D eigenvalue weighted by molar-refractivity contribution is -0.125. The lowest BCUT2D eigenvalue weighted by Gasteiger charge is -2.26. The van der Waals surface area contributed by atoms with Crippen molar-refractivity contribution >= 4 is 23.5 Å². The van der Waals surface area contributed by atoms with E-state index in [2.05, 4.69) is 15.6 Å². The highest BCUT2D eigenvalue weighted by Crippen LogP contribution is 2.29. The molecule has 5 rings (SSSR count). The average Bonchev–Trinajstić information content (AvgIpc) is 3.07. The van der Waals surface area contributed by atoms with E-state index in [4.69, 9.17) is 4.74 Å². The number of nitrogens with one attached hydrogen (secondary N) is 3. The monoisotopic (exact) mass is 510 g/mol. The molecule has 0 saturated carbocycles. The van der Waals surface area contributed by atoms with E-state index in [0.29, 0.717) is 55.5 Å². The average molecular weight is 511 g/mol. The first-order valence-corrected chi connectivity index (χ1v) is 12.9. The molecule has 2 aliphatic heterocycles. The highest BCUT2D eigenvalue weighted by Gasteiger charge is 2.35. The topological polar surface area (TPSA) is 121 Å². The van der Waals surface area contributed by atoms with Gasteiger partial charge in [-0.25, -0.2) is 4.39 Å². The highest BCUT2D eigenvalue weighted by atomic mass is 19.1. The summed E-state index contributed by atoms with van der Waals surface area (Å²) >= 11 is 0. The van der Waals surface area contributed by atoms with Crippen LogP contribution < -0.4 is 15.4 Å². The van der Waals surface area contributed by atoms with Gasteiger partial charge in [-0.3, -0.25) is 19.2 Å². The Balaban J connectivity index is 1.46. The maximum atomic E-state index is 14.0. The van der Waals surface area contributed by atoms with E-state index in [9.17, 15) is 23.6 Å². The van der Waals surface area contributed by atoms with Crippen molar-refractivity contribution in [1.29, 1.82) is 0 Å². The minimum absolute atomic E-state index is 0.0333. The highest BCUT2D eigenvalue weighted by molar-refractivity contribution is 6.04. The second-order valence-corrected chi connectivity index (χ2v) is 10.0. The fourth-order valence-corrected chi connectivity index (χ4v) is 5.51. The Labute approximate surface area is 214 Å². The van der Waals surface area contributed by atoms with Gasteiger partial charge < -0.3 is 25.3 Å². The van der Waals surface area contributed by atoms with E-state index < -0.39 is 23.7 Å². The standard InChI is InChI=1S/C27H31FN4O5/c1-15-23-20(4-2-5-21(23)33)31-24(15)27(36)32-13-16-6-8-18(14-32)30-26(35)19-12-17(28)7-9-22(19)37-11-3-10-29-25(16)34/h7,9,12,16,18,31H,2-6,8,10-11,13-14H2,1H3,(H,29,34)(H,30,35)/t16-,18+/m0/s1. The molecule has 2 bridgehead atoms. The zero-order valence-electron chi connectivity index (χ0n) is 20.8. The van der Waals surface area contributed by atoms with Crippen LogP contribution >= 0.6 is 0 Å². The summed E-state index contributed by atoms with van der Waals surface area (Å²) < 4.78 is 19.7. The Morgan fingerprint density at radius 2 is 1.95 bits per heavy atom. The van der Waals surface area contributed by atoms with Crippen molar-refractivity contribution in [1.82, 2.24) is 20.5 Å². The van der Waals surface area contributed by atoms with Gasteiger partial charge in [0.1, 0.15) is 17.3 Å². The van der Waals surface area contributed by atoms with Crippen molar-refractivity contribution in [2.24, 2.45) is 5.92 Å². The second-order valence-electron chi connectivity index (χ2n) is 10.0. The molecule has 0 radical (unpaired) electrons. The molecule has 0 unspecified atom stereocenters. The van der Waals surface area contributed by atoms with Crippen molar-refractivity contribution in [2.45, 2.75) is 51.5 Å². The van der Waals surface area contributed by atoms with E-state index >= 15 is 0 Å². The minimum Gasteiger partial charge on any atom is -0.493 e. The quantitative estimate of drug-likeness (QED) is 0.545. The molecular weight excluding hydrogens is 479 g/mol. The molecule has 37 heavy (non-hydrogen) atoms. The smallest absolute Gasteiger partial charge is 0.270 e. The van der Waals surface area contributed by atoms with Crippen molar-refractivity contribution in [2.75, 3.05) is 26.2 Å². The van der Waals surface area contributed by atoms with Gasteiger partial charge in [0.15, 0.2) is 5.78 Å². The lowest BCUT2D eigenvalue weighted by Crippen LogP contribution is -2.46. The van der Waals surface area contributed by atoms with Crippen molar-refractivity contribution in [3.05, 3.63) is 52.1 Å². The summed E-state index contributed by atoms with van der Waals surface area (Å²) in [6.45, 7) is 2.77. The number of carbonyl (C=O) groups is 4. The van der Waals surface area contributed by atoms with Gasteiger partial charge in [0.2, 0.25) is 5.91 Å². The van der Waals surface area contributed by atoms with E-state index in [1.54, 1.807) is 11.8 Å². The Hall–Kier alpha value is -3.69. The van der Waals surface area contributed by atoms with Crippen LogP contribution in [0.3, 0.4) is 0 Å². The molecule has 3 N–H and O–H groups in total. The Kier molecular flexibility index (Phi) is 6.99. The maximum Gasteiger partial charge on any atom is 0.270 e. The van der Waals surface area contributed by atoms with Gasteiger partial charge in [-0.1, -0.05) is 0 Å². The summed E-state index contributed by atoms with van der Waals surface area (Å²) in [4.78, 5) is 57.2. The van der Waals surface area contributed by atoms with E-state index in [1.165, 1.54) is 12.1 Å². The van der Waals surface area contributed by atoms with Crippen LogP contribution in [0.25, 0.3) is 0 Å². The zero-order chi connectivity index (χ0) is 26.1. The number of hydrogen-bond donors (Lipinski definition) is 3. The number of fused-ring (bicyclic) bond motifs is 5. The van der Waals surface area contributed by atoms with Crippen LogP contribution in [-0.4, -0.2) is 65.7 Å². The summed E-state index contributed by atoms with van der Waals surface area (Å²) in [5, 5.41) is 5.86. The summed E-state index contributed by atoms with van der Waals surface area (Å²) in [6, 6.07) is 3.34. The molecule has 3 amide bonds. The van der Waals surface area contributed by atoms with Gasteiger partial charge >= 0.3 is 0 Å². The van der Waals surface area contributed by atoms with Gasteiger partial charge in [0.25, 0.3) is 11.8 Å². The van der Waals surface area contributed by atoms with Crippen LogP contribution in [0.4, 0.5) is 4.39 Å². The van der Waals surface area contributed by atoms with Crippen molar-refractivity contribution < 1.29 is 28.3 Å². The van der Waals surface area contributed by atoms with E-state index in [-0.39, 0.29) is 48.6 Å². The van der Waals surface area contributed by atoms with Crippen molar-refractivity contribution in [3.8, 4) is 5.75 Å². The molecule has 1 aliphatic carbocycles. The number of halogens is 1. The van der Waals surface area contributed by atoms with Gasteiger partial charge in [0, 0.05) is 43.4 Å². The number of ketones is 1. The number of amides is 3. The second kappa shape index (κ2) is 10.4. The van der Waals surface area contributed by atoms with Crippen LogP contribution in [0.1, 0.15) is 74.6 Å². The predicted molar refractivity (Wildman–Crippen MR) is 132 cm³/mol. The van der Waals surface area contributed by atoms with Gasteiger partial charge in [0.05, 0.1) is 18.1 Å². The minimum atomic E-state index is -0.552. The zero-order valence-corrected chi connectivity index (χ0v) is 20.8. The van der Waals surface area contributed by atoms with Crippen LogP contribution in [0.2, 0.25) is 0 Å². The number of aromatic amines is 1. The molecule has 1 aromatic carbocycles. The van der Waals surface area contributed by atoms with Gasteiger partial charge in [-0.15, -0.1) is 0 Å². The molecular formula is C27H31FN4O5. The SMILES string of the molecule is Cc1c(C(=O)N2C[C@H]3CC[C@@H](C2)C(=O)NCCCOc2ccc(F)cc2C(=O)N3)[nH]c2c1C(=O)CCC2. The third-order valence-electron chi connectivity index (χ3n) is 7.45. The summed E-state index contributed by atoms with van der Waals surface area (Å²) in [5.41, 5.74) is 2.45. The number of benzene rings is 1. The molecule has 196 valence electrons. The number of aromatic nitrogens is 1. The molecule has 3 aliphatic rings. The number of ether oxygens (including phenoxy) is 1. The predicted octanol–water partition coefficient (Wildman–Crippen LogP) is 2.53. The molecule has 2 aromatic rings. The molecule has 1 aromatic heterocycles. The van der Waals surface area contributed by atoms with E-state index in [1.807, 2.05) is 0 Å². The van der Waals surface area contributed by atoms with Gasteiger partial charge in [-0.05, 0) is 62.8 Å². The molecule has 10 heteroatoms. The summed E-state index contributed by atoms with van der Waals surface area (Å²) in [5.74, 6) is -1.66. The maximum absolute atomic E-state index is 14.0. The molecule has 1 fully saturated rings. The fourth-order valence-electron chi connectivity index (χ4n) is 5.51. The largest absolute Gasteiger partial charge is 0.493 e. The molecule has 9 nitrogen and oxygen atoms in total. The van der Waals surface area contributed by atoms with E-state index in [0.717, 1.165) is 18.2 Å². The fraction of sp³-hybridized carbons (Fsp3) is 0.481. The van der Waals surface area contributed by atoms with Gasteiger partial charge in [-0.2, -0.15) is 0 Å². The third kappa shape index (κ3) is 5.10. The number of hydrogen-bond acceptors (Lipinski definition) is 5. The Morgan fingerprint density at radius 1 is 1.11 bits per heavy atom. The molecule has 2 atom stereocenters. The normalized spacial score (nSPS) is 22.6. The first kappa shape index (κ1) is 25.0. The number of rotatable bonds is 1. The Morgan fingerprint density at radius 3 is 2.76 bits per heavy atom. The molecule has 1 saturated heterocycles. The number of aryl methyl sites for hydroxylation is 1. The van der Waals surface area contributed by atoms with Crippen LogP contribution in [-0.2, 0) is 11.2 Å². The summed E-state index contributed by atoms with van der Waals surface area (Å²) in [6.07, 6.45) is 3.36. The molecule has 0 spiro atoms. The number of carbonyl (C=O) groups excluding carboxylic acids is 4. The lowest BCUT2D eigenvalue weighted by atomic mass is 9.93. The number of likely N-dealkylation sites (tertiary alicyclic amines) is 1. The summed E-state index contributed by atoms with van der Waals surface area (Å²) in [7, 11) is 0. The Bertz CT molecular complexity index is 1260. The molecule has 3 heterocycles. The van der Waals surface area contributed by atoms with Crippen LogP contribution in [0.5, 0.6) is 5.75 Å². The number of Topliss-reactive ketones (excluding diaryl/α,β-unsaturated/α-hetero) is 1. The van der Waals surface area contributed by atoms with Crippen LogP contribution in [0.15, 0.2) is 18.2 Å². The van der Waals surface area contributed by atoms with Crippen molar-refractivity contribution in [3.63, 3.8) is 0 Å². The number of H-pyrrole nitrogens is 1. The van der Waals surface area contributed by atoms with Crippen LogP contribution in [0, 0.1) is 18.7 Å².